The molecule has 0 aromatic heterocycles. The van der Waals surface area contributed by atoms with Gasteiger partial charge in [0.1, 0.15) is 5.41 Å². The molecule has 80 valence electrons. The van der Waals surface area contributed by atoms with Gasteiger partial charge in [0.2, 0.25) is 5.91 Å². The maximum Gasteiger partial charge on any atom is 0.318 e. The number of hydrogen-bond donors (Lipinski definition) is 2. The first-order valence-electron chi connectivity index (χ1n) is 4.76. The predicted octanol–water partition coefficient (Wildman–Crippen LogP) is 1.01. The van der Waals surface area contributed by atoms with E-state index in [4.69, 9.17) is 5.11 Å². The summed E-state index contributed by atoms with van der Waals surface area (Å²) in [6, 6.07) is 0. The Labute approximate surface area is 83.7 Å². The van der Waals surface area contributed by atoms with Crippen LogP contribution in [0.1, 0.15) is 34.1 Å². The molecule has 1 fully saturated rings. The Morgan fingerprint density at radius 3 is 2.21 bits per heavy atom. The number of hydrogen-bond acceptors (Lipinski definition) is 2. The number of aliphatic carboxylic acids is 1. The van der Waals surface area contributed by atoms with Gasteiger partial charge in [-0.2, -0.15) is 0 Å². The minimum absolute atomic E-state index is 0.191. The average Bonchev–Trinajstić information content (AvgIpc) is 2.58. The third-order valence-corrected chi connectivity index (χ3v) is 3.16. The number of carbonyl (C=O) groups excluding carboxylic acids is 1. The Bertz CT molecular complexity index is 285. The van der Waals surface area contributed by atoms with E-state index in [9.17, 15) is 9.59 Å². The Kier molecular flexibility index (Phi) is 2.34. The van der Waals surface area contributed by atoms with Crippen molar-refractivity contribution < 1.29 is 14.7 Å². The molecule has 14 heavy (non-hydrogen) atoms. The average molecular weight is 199 g/mol. The van der Waals surface area contributed by atoms with Crippen LogP contribution in [0, 0.1) is 11.3 Å². The van der Waals surface area contributed by atoms with Gasteiger partial charge in [-0.3, -0.25) is 9.59 Å². The molecule has 0 heterocycles. The SMILES string of the molecule is CC1CC1(C)NC(=O)C(C)(C)C(=O)O. The Balaban J connectivity index is 2.63. The minimum atomic E-state index is -1.34. The van der Waals surface area contributed by atoms with Crippen LogP contribution in [0.2, 0.25) is 0 Å². The molecular formula is C10H17NO3. The third kappa shape index (κ3) is 1.74. The van der Waals surface area contributed by atoms with Crippen LogP contribution in [-0.4, -0.2) is 22.5 Å². The van der Waals surface area contributed by atoms with Gasteiger partial charge in [-0.05, 0) is 33.1 Å². The van der Waals surface area contributed by atoms with E-state index in [2.05, 4.69) is 5.32 Å². The van der Waals surface area contributed by atoms with E-state index >= 15 is 0 Å². The van der Waals surface area contributed by atoms with E-state index in [-0.39, 0.29) is 5.54 Å². The summed E-state index contributed by atoms with van der Waals surface area (Å²) in [7, 11) is 0. The molecule has 4 nitrogen and oxygen atoms in total. The van der Waals surface area contributed by atoms with E-state index in [0.29, 0.717) is 5.92 Å². The molecule has 0 aromatic rings. The zero-order chi connectivity index (χ0) is 11.1. The molecule has 1 aliphatic carbocycles. The molecule has 1 aliphatic rings. The van der Waals surface area contributed by atoms with Crippen molar-refractivity contribution in [3.05, 3.63) is 0 Å². The van der Waals surface area contributed by atoms with E-state index < -0.39 is 17.3 Å². The lowest BCUT2D eigenvalue weighted by atomic mass is 9.92. The number of carbonyl (C=O) groups is 2. The van der Waals surface area contributed by atoms with Crippen molar-refractivity contribution in [3.63, 3.8) is 0 Å². The zero-order valence-corrected chi connectivity index (χ0v) is 9.05. The molecule has 1 saturated carbocycles. The highest BCUT2D eigenvalue weighted by Crippen LogP contribution is 2.42. The lowest BCUT2D eigenvalue weighted by molar-refractivity contribution is -0.153. The molecule has 0 radical (unpaired) electrons. The largest absolute Gasteiger partial charge is 0.480 e. The molecule has 0 bridgehead atoms. The van der Waals surface area contributed by atoms with Crippen LogP contribution in [0.5, 0.6) is 0 Å². The number of amides is 1. The molecule has 1 rings (SSSR count). The maximum absolute atomic E-state index is 11.6. The topological polar surface area (TPSA) is 66.4 Å². The first-order chi connectivity index (χ1) is 6.20. The number of carboxylic acid groups (broad SMARTS) is 1. The highest BCUT2D eigenvalue weighted by molar-refractivity contribution is 6.01. The molecule has 0 spiro atoms. The summed E-state index contributed by atoms with van der Waals surface area (Å²) >= 11 is 0. The van der Waals surface area contributed by atoms with Gasteiger partial charge < -0.3 is 10.4 Å². The summed E-state index contributed by atoms with van der Waals surface area (Å²) in [5.41, 5.74) is -1.53. The van der Waals surface area contributed by atoms with Crippen LogP contribution in [0.15, 0.2) is 0 Å². The molecule has 4 heteroatoms. The molecule has 2 unspecified atom stereocenters. The van der Waals surface area contributed by atoms with E-state index in [1.54, 1.807) is 0 Å². The summed E-state index contributed by atoms with van der Waals surface area (Å²) in [6.07, 6.45) is 0.925. The van der Waals surface area contributed by atoms with Gasteiger partial charge in [-0.15, -0.1) is 0 Å². The van der Waals surface area contributed by atoms with Gasteiger partial charge in [0.15, 0.2) is 0 Å². The van der Waals surface area contributed by atoms with Gasteiger partial charge in [0.05, 0.1) is 0 Å². The Morgan fingerprint density at radius 2 is 1.93 bits per heavy atom. The van der Waals surface area contributed by atoms with Crippen molar-refractivity contribution >= 4 is 11.9 Å². The normalized spacial score (nSPS) is 31.0. The summed E-state index contributed by atoms with van der Waals surface area (Å²) < 4.78 is 0. The predicted molar refractivity (Wildman–Crippen MR) is 51.7 cm³/mol. The monoisotopic (exact) mass is 199 g/mol. The van der Waals surface area contributed by atoms with Crippen molar-refractivity contribution in [2.45, 2.75) is 39.7 Å². The van der Waals surface area contributed by atoms with Crippen molar-refractivity contribution in [2.75, 3.05) is 0 Å². The highest BCUT2D eigenvalue weighted by atomic mass is 16.4. The fourth-order valence-electron chi connectivity index (χ4n) is 1.26. The number of carboxylic acids is 1. The van der Waals surface area contributed by atoms with E-state index in [1.807, 2.05) is 13.8 Å². The minimum Gasteiger partial charge on any atom is -0.480 e. The third-order valence-electron chi connectivity index (χ3n) is 3.16. The van der Waals surface area contributed by atoms with Crippen molar-refractivity contribution in [1.29, 1.82) is 0 Å². The smallest absolute Gasteiger partial charge is 0.318 e. The maximum atomic E-state index is 11.6. The first kappa shape index (κ1) is 11.0. The second kappa shape index (κ2) is 2.97. The van der Waals surface area contributed by atoms with Crippen LogP contribution < -0.4 is 5.32 Å². The fourth-order valence-corrected chi connectivity index (χ4v) is 1.26. The van der Waals surface area contributed by atoms with Crippen molar-refractivity contribution in [3.8, 4) is 0 Å². The lowest BCUT2D eigenvalue weighted by Gasteiger charge is -2.22. The summed E-state index contributed by atoms with van der Waals surface area (Å²) in [5, 5.41) is 11.6. The van der Waals surface area contributed by atoms with E-state index in [1.165, 1.54) is 13.8 Å². The fraction of sp³-hybridized carbons (Fsp3) is 0.800. The summed E-state index contributed by atoms with van der Waals surface area (Å²) in [6.45, 7) is 6.81. The van der Waals surface area contributed by atoms with Gasteiger partial charge in [0, 0.05) is 5.54 Å². The van der Waals surface area contributed by atoms with Crippen molar-refractivity contribution in [1.82, 2.24) is 5.32 Å². The Morgan fingerprint density at radius 1 is 1.50 bits per heavy atom. The molecule has 0 saturated heterocycles. The van der Waals surface area contributed by atoms with Crippen LogP contribution in [-0.2, 0) is 9.59 Å². The number of rotatable bonds is 3. The van der Waals surface area contributed by atoms with Crippen LogP contribution in [0.25, 0.3) is 0 Å². The first-order valence-corrected chi connectivity index (χ1v) is 4.76. The molecule has 0 aromatic carbocycles. The zero-order valence-electron chi connectivity index (χ0n) is 9.05. The second-order valence-electron chi connectivity index (χ2n) is 4.91. The standard InChI is InChI=1S/C10H17NO3/c1-6-5-10(6,4)11-7(12)9(2,3)8(13)14/h6H,5H2,1-4H3,(H,11,12)(H,13,14). The highest BCUT2D eigenvalue weighted by Gasteiger charge is 2.50. The molecule has 2 N–H and O–H groups in total. The van der Waals surface area contributed by atoms with Gasteiger partial charge >= 0.3 is 5.97 Å². The summed E-state index contributed by atoms with van der Waals surface area (Å²) in [5.74, 6) is -1.06. The molecule has 2 atom stereocenters. The Hall–Kier alpha value is -1.06. The van der Waals surface area contributed by atoms with E-state index in [0.717, 1.165) is 6.42 Å². The van der Waals surface area contributed by atoms with Gasteiger partial charge in [-0.25, -0.2) is 0 Å². The van der Waals surface area contributed by atoms with Gasteiger partial charge in [0.25, 0.3) is 0 Å². The molecule has 1 amide bonds. The summed E-state index contributed by atoms with van der Waals surface area (Å²) in [4.78, 5) is 22.4. The number of nitrogens with one attached hydrogen (secondary N) is 1. The van der Waals surface area contributed by atoms with Crippen LogP contribution in [0.4, 0.5) is 0 Å². The van der Waals surface area contributed by atoms with Crippen LogP contribution in [0.3, 0.4) is 0 Å². The second-order valence-corrected chi connectivity index (χ2v) is 4.91. The quantitative estimate of drug-likeness (QED) is 0.667. The lowest BCUT2D eigenvalue weighted by Crippen LogP contribution is -2.47. The van der Waals surface area contributed by atoms with Crippen molar-refractivity contribution in [2.24, 2.45) is 11.3 Å². The van der Waals surface area contributed by atoms with Gasteiger partial charge in [-0.1, -0.05) is 6.92 Å². The molecular weight excluding hydrogens is 182 g/mol. The van der Waals surface area contributed by atoms with Crippen LogP contribution >= 0.6 is 0 Å². The molecule has 0 aliphatic heterocycles.